The first kappa shape index (κ1) is 19.0. The number of rotatable bonds is 4. The molecule has 1 aliphatic heterocycles. The summed E-state index contributed by atoms with van der Waals surface area (Å²) < 4.78 is 4.96. The van der Waals surface area contributed by atoms with E-state index in [4.69, 9.17) is 10.2 Å². The van der Waals surface area contributed by atoms with Gasteiger partial charge in [0.1, 0.15) is 17.3 Å². The smallest absolute Gasteiger partial charge is 0.408 e. The highest BCUT2D eigenvalue weighted by Gasteiger charge is 2.26. The molecular weight excluding hydrogens is 402 g/mol. The number of aromatic nitrogens is 3. The lowest BCUT2D eigenvalue weighted by Crippen LogP contribution is -2.46. The maximum absolute atomic E-state index is 11.6. The minimum absolute atomic E-state index is 0.0886. The number of nitro benzene ring substituents is 1. The van der Waals surface area contributed by atoms with Gasteiger partial charge in [-0.3, -0.25) is 20.0 Å². The monoisotopic (exact) mass is 421 g/mol. The molecule has 5 rings (SSSR count). The summed E-state index contributed by atoms with van der Waals surface area (Å²) in [4.78, 5) is 38.3. The Hall–Kier alpha value is -3.99. The standard InChI is InChI=1S/C20H19N7O4/c21-19-12-3-1-2-4-13(12)22-18(24-19)11-25-5-7-26(8-6-25)15-9-14-17(31-20(28)23-14)10-16(15)27(29)30/h1-4,9-10H,5-8,11H2,(H,23,28)(H2,21,22,24). The molecule has 0 spiro atoms. The lowest BCUT2D eigenvalue weighted by atomic mass is 10.2. The molecule has 2 aromatic heterocycles. The third kappa shape index (κ3) is 3.55. The summed E-state index contributed by atoms with van der Waals surface area (Å²) >= 11 is 0. The number of anilines is 2. The SMILES string of the molecule is Nc1nc(CN2CCN(c3cc4[nH]c(=O)oc4cc3[N+](=O)[O-])CC2)nc2ccccc12. The second kappa shape index (κ2) is 7.36. The fourth-order valence-corrected chi connectivity index (χ4v) is 3.94. The summed E-state index contributed by atoms with van der Waals surface area (Å²) in [7, 11) is 0. The number of para-hydroxylation sites is 1. The highest BCUT2D eigenvalue weighted by Crippen LogP contribution is 2.33. The molecule has 1 saturated heterocycles. The molecule has 158 valence electrons. The number of nitrogens with zero attached hydrogens (tertiary/aromatic N) is 5. The topological polar surface area (TPSA) is 147 Å². The van der Waals surface area contributed by atoms with Gasteiger partial charge in [-0.1, -0.05) is 12.1 Å². The molecule has 31 heavy (non-hydrogen) atoms. The van der Waals surface area contributed by atoms with Crippen LogP contribution in [0.2, 0.25) is 0 Å². The van der Waals surface area contributed by atoms with Gasteiger partial charge in [0.05, 0.1) is 28.6 Å². The molecule has 0 aliphatic carbocycles. The van der Waals surface area contributed by atoms with E-state index in [1.54, 1.807) is 6.07 Å². The first-order valence-corrected chi connectivity index (χ1v) is 9.77. The number of H-pyrrole nitrogens is 1. The Morgan fingerprint density at radius 1 is 1.16 bits per heavy atom. The second-order valence-corrected chi connectivity index (χ2v) is 7.41. The average molecular weight is 421 g/mol. The third-order valence-corrected chi connectivity index (χ3v) is 5.47. The van der Waals surface area contributed by atoms with Gasteiger partial charge in [-0.2, -0.15) is 0 Å². The maximum atomic E-state index is 11.6. The number of nitrogen functional groups attached to an aromatic ring is 1. The van der Waals surface area contributed by atoms with E-state index in [9.17, 15) is 14.9 Å². The number of hydrogen-bond acceptors (Lipinski definition) is 9. The quantitative estimate of drug-likeness (QED) is 0.372. The van der Waals surface area contributed by atoms with E-state index in [1.165, 1.54) is 6.07 Å². The van der Waals surface area contributed by atoms with E-state index in [1.807, 2.05) is 29.2 Å². The summed E-state index contributed by atoms with van der Waals surface area (Å²) in [5.41, 5.74) is 7.86. The Morgan fingerprint density at radius 2 is 1.94 bits per heavy atom. The first-order chi connectivity index (χ1) is 15.0. The van der Waals surface area contributed by atoms with Crippen LogP contribution in [0.5, 0.6) is 0 Å². The van der Waals surface area contributed by atoms with Crippen molar-refractivity contribution in [2.45, 2.75) is 6.54 Å². The van der Waals surface area contributed by atoms with Crippen molar-refractivity contribution in [2.75, 3.05) is 36.8 Å². The average Bonchev–Trinajstić information content (AvgIpc) is 3.12. The fraction of sp³-hybridized carbons (Fsp3) is 0.250. The van der Waals surface area contributed by atoms with Gasteiger partial charge in [-0.15, -0.1) is 0 Å². The van der Waals surface area contributed by atoms with E-state index < -0.39 is 10.7 Å². The molecule has 3 N–H and O–H groups in total. The summed E-state index contributed by atoms with van der Waals surface area (Å²) in [6, 6.07) is 10.5. The molecule has 4 aromatic rings. The number of nitrogens with one attached hydrogen (secondary N) is 1. The van der Waals surface area contributed by atoms with Crippen LogP contribution < -0.4 is 16.4 Å². The van der Waals surface area contributed by atoms with Gasteiger partial charge in [-0.05, 0) is 18.2 Å². The minimum atomic E-state index is -0.638. The number of piperazine rings is 1. The Balaban J connectivity index is 1.34. The molecule has 0 saturated carbocycles. The minimum Gasteiger partial charge on any atom is -0.408 e. The van der Waals surface area contributed by atoms with Crippen LogP contribution >= 0.6 is 0 Å². The van der Waals surface area contributed by atoms with Gasteiger partial charge in [0.25, 0.3) is 5.69 Å². The van der Waals surface area contributed by atoms with Crippen molar-refractivity contribution >= 4 is 39.2 Å². The first-order valence-electron chi connectivity index (χ1n) is 9.77. The largest absolute Gasteiger partial charge is 0.417 e. The van der Waals surface area contributed by atoms with Crippen LogP contribution in [0.15, 0.2) is 45.6 Å². The Labute approximate surface area is 175 Å². The highest BCUT2D eigenvalue weighted by molar-refractivity contribution is 5.87. The summed E-state index contributed by atoms with van der Waals surface area (Å²) in [6.07, 6.45) is 0. The van der Waals surface area contributed by atoms with Gasteiger partial charge >= 0.3 is 5.76 Å². The number of nitrogens with two attached hydrogens (primary N) is 1. The predicted molar refractivity (Wildman–Crippen MR) is 115 cm³/mol. The summed E-state index contributed by atoms with van der Waals surface area (Å²) in [6.45, 7) is 3.05. The Kier molecular flexibility index (Phi) is 4.51. The van der Waals surface area contributed by atoms with E-state index in [-0.39, 0.29) is 11.3 Å². The van der Waals surface area contributed by atoms with Gasteiger partial charge < -0.3 is 15.1 Å². The molecule has 3 heterocycles. The van der Waals surface area contributed by atoms with Crippen LogP contribution in [0.4, 0.5) is 17.2 Å². The molecule has 0 unspecified atom stereocenters. The van der Waals surface area contributed by atoms with Crippen molar-refractivity contribution in [1.29, 1.82) is 0 Å². The van der Waals surface area contributed by atoms with Crippen molar-refractivity contribution in [3.63, 3.8) is 0 Å². The van der Waals surface area contributed by atoms with Gasteiger partial charge in [-0.25, -0.2) is 14.8 Å². The van der Waals surface area contributed by atoms with E-state index >= 15 is 0 Å². The molecule has 0 atom stereocenters. The summed E-state index contributed by atoms with van der Waals surface area (Å²) in [5.74, 6) is 0.464. The van der Waals surface area contributed by atoms with Crippen molar-refractivity contribution < 1.29 is 9.34 Å². The molecule has 11 nitrogen and oxygen atoms in total. The molecular formula is C20H19N7O4. The van der Waals surface area contributed by atoms with Crippen LogP contribution in [0.25, 0.3) is 22.0 Å². The second-order valence-electron chi connectivity index (χ2n) is 7.41. The summed E-state index contributed by atoms with van der Waals surface area (Å²) in [5, 5.41) is 12.4. The number of fused-ring (bicyclic) bond motifs is 2. The Morgan fingerprint density at radius 3 is 2.71 bits per heavy atom. The normalized spacial score (nSPS) is 15.0. The zero-order valence-corrected chi connectivity index (χ0v) is 16.4. The van der Waals surface area contributed by atoms with E-state index in [2.05, 4.69) is 19.9 Å². The molecule has 0 radical (unpaired) electrons. The number of benzene rings is 2. The molecule has 0 bridgehead atoms. The van der Waals surface area contributed by atoms with Crippen LogP contribution in [-0.4, -0.2) is 51.0 Å². The lowest BCUT2D eigenvalue weighted by Gasteiger charge is -2.35. The third-order valence-electron chi connectivity index (χ3n) is 5.47. The fourth-order valence-electron chi connectivity index (χ4n) is 3.94. The molecule has 1 fully saturated rings. The maximum Gasteiger partial charge on any atom is 0.417 e. The van der Waals surface area contributed by atoms with Crippen molar-refractivity contribution in [3.05, 3.63) is 62.9 Å². The van der Waals surface area contributed by atoms with Gasteiger partial charge in [0, 0.05) is 31.6 Å². The van der Waals surface area contributed by atoms with Gasteiger partial charge in [0.2, 0.25) is 0 Å². The molecule has 11 heteroatoms. The Bertz CT molecular complexity index is 1350. The predicted octanol–water partition coefficient (Wildman–Crippen LogP) is 1.88. The van der Waals surface area contributed by atoms with Crippen LogP contribution in [0.1, 0.15) is 5.82 Å². The van der Waals surface area contributed by atoms with E-state index in [0.717, 1.165) is 10.9 Å². The van der Waals surface area contributed by atoms with Crippen molar-refractivity contribution in [3.8, 4) is 0 Å². The molecule has 0 amide bonds. The highest BCUT2D eigenvalue weighted by atomic mass is 16.6. The zero-order valence-electron chi connectivity index (χ0n) is 16.4. The van der Waals surface area contributed by atoms with Crippen LogP contribution in [0, 0.1) is 10.1 Å². The zero-order chi connectivity index (χ0) is 21.5. The van der Waals surface area contributed by atoms with Crippen LogP contribution in [0.3, 0.4) is 0 Å². The molecule has 2 aromatic carbocycles. The van der Waals surface area contributed by atoms with Gasteiger partial charge in [0.15, 0.2) is 5.58 Å². The number of oxazole rings is 1. The lowest BCUT2D eigenvalue weighted by molar-refractivity contribution is -0.384. The number of nitro groups is 1. The van der Waals surface area contributed by atoms with Crippen molar-refractivity contribution in [1.82, 2.24) is 19.9 Å². The van der Waals surface area contributed by atoms with Crippen LogP contribution in [-0.2, 0) is 6.54 Å². The molecule has 1 aliphatic rings. The number of aromatic amines is 1. The number of hydrogen-bond donors (Lipinski definition) is 2. The van der Waals surface area contributed by atoms with E-state index in [0.29, 0.717) is 55.6 Å². The van der Waals surface area contributed by atoms with Crippen molar-refractivity contribution in [2.24, 2.45) is 0 Å².